The molecule has 1 heterocycles. The van der Waals surface area contributed by atoms with Gasteiger partial charge in [-0.05, 0) is 31.2 Å². The highest BCUT2D eigenvalue weighted by Gasteiger charge is 2.04. The highest BCUT2D eigenvalue weighted by atomic mass is 35.5. The lowest BCUT2D eigenvalue weighted by Gasteiger charge is -2.04. The van der Waals surface area contributed by atoms with E-state index in [2.05, 4.69) is 10.3 Å². The predicted octanol–water partition coefficient (Wildman–Crippen LogP) is 4.41. The first kappa shape index (κ1) is 14.1. The van der Waals surface area contributed by atoms with Crippen LogP contribution >= 0.6 is 34.5 Å². The average Bonchev–Trinajstić information content (AvgIpc) is 2.77. The second-order valence-corrected chi connectivity index (χ2v) is 5.64. The molecule has 0 saturated carbocycles. The van der Waals surface area contributed by atoms with Gasteiger partial charge >= 0.3 is 0 Å². The van der Waals surface area contributed by atoms with Crippen LogP contribution in [0.1, 0.15) is 10.7 Å². The van der Waals surface area contributed by atoms with E-state index >= 15 is 0 Å². The highest BCUT2D eigenvalue weighted by molar-refractivity contribution is 7.09. The number of hydrogen-bond acceptors (Lipinski definition) is 3. The number of carbonyl (C=O) groups is 1. The number of halogens is 2. The quantitative estimate of drug-likeness (QED) is 0.853. The van der Waals surface area contributed by atoms with Crippen LogP contribution in [0.3, 0.4) is 0 Å². The third-order valence-electron chi connectivity index (χ3n) is 2.23. The monoisotopic (exact) mass is 312 g/mol. The van der Waals surface area contributed by atoms with E-state index in [9.17, 15) is 4.79 Å². The van der Waals surface area contributed by atoms with Crippen molar-refractivity contribution in [3.05, 3.63) is 50.4 Å². The third kappa shape index (κ3) is 4.06. The van der Waals surface area contributed by atoms with E-state index in [-0.39, 0.29) is 5.91 Å². The Labute approximate surface area is 124 Å². The van der Waals surface area contributed by atoms with E-state index in [1.54, 1.807) is 24.3 Å². The first-order valence-corrected chi connectivity index (χ1v) is 7.04. The number of hydrogen-bond donors (Lipinski definition) is 1. The van der Waals surface area contributed by atoms with Gasteiger partial charge in [0.1, 0.15) is 0 Å². The van der Waals surface area contributed by atoms with Gasteiger partial charge in [-0.2, -0.15) is 0 Å². The summed E-state index contributed by atoms with van der Waals surface area (Å²) in [5.41, 5.74) is 1.24. The van der Waals surface area contributed by atoms with Gasteiger partial charge in [0.05, 0.1) is 21.4 Å². The Morgan fingerprint density at radius 2 is 2.21 bits per heavy atom. The number of aromatic nitrogens is 1. The summed E-state index contributed by atoms with van der Waals surface area (Å²) in [5.74, 6) is -0.283. The second kappa shape index (κ2) is 6.19. The van der Waals surface area contributed by atoms with Crippen LogP contribution in [-0.4, -0.2) is 10.9 Å². The van der Waals surface area contributed by atoms with Crippen LogP contribution < -0.4 is 5.32 Å². The Hall–Kier alpha value is -1.36. The summed E-state index contributed by atoms with van der Waals surface area (Å²) in [6.07, 6.45) is 3.06. The van der Waals surface area contributed by atoms with Crippen molar-refractivity contribution in [1.82, 2.24) is 4.98 Å². The molecule has 1 aromatic heterocycles. The molecule has 0 aliphatic carbocycles. The Morgan fingerprint density at radius 1 is 1.42 bits per heavy atom. The largest absolute Gasteiger partial charge is 0.321 e. The predicted molar refractivity (Wildman–Crippen MR) is 81.0 cm³/mol. The number of nitrogens with zero attached hydrogens (tertiary/aromatic N) is 1. The molecule has 0 aliphatic heterocycles. The van der Waals surface area contributed by atoms with Gasteiger partial charge in [0.2, 0.25) is 5.91 Å². The summed E-state index contributed by atoms with van der Waals surface area (Å²) in [6, 6.07) is 4.89. The Bertz CT molecular complexity index is 637. The van der Waals surface area contributed by atoms with E-state index in [0.29, 0.717) is 15.7 Å². The summed E-state index contributed by atoms with van der Waals surface area (Å²) >= 11 is 13.3. The smallest absolute Gasteiger partial charge is 0.248 e. The van der Waals surface area contributed by atoms with Crippen molar-refractivity contribution in [2.75, 3.05) is 5.32 Å². The molecule has 19 heavy (non-hydrogen) atoms. The molecule has 0 radical (unpaired) electrons. The number of anilines is 1. The Morgan fingerprint density at radius 3 is 2.89 bits per heavy atom. The van der Waals surface area contributed by atoms with Crippen LogP contribution in [0.25, 0.3) is 6.08 Å². The first-order valence-electron chi connectivity index (χ1n) is 5.41. The molecular weight excluding hydrogens is 303 g/mol. The maximum Gasteiger partial charge on any atom is 0.248 e. The van der Waals surface area contributed by atoms with Crippen LogP contribution in [0.2, 0.25) is 10.0 Å². The zero-order valence-corrected chi connectivity index (χ0v) is 12.3. The molecule has 1 amide bonds. The number of thiazole rings is 1. The molecule has 0 atom stereocenters. The van der Waals surface area contributed by atoms with Crippen LogP contribution in [0, 0.1) is 6.92 Å². The van der Waals surface area contributed by atoms with E-state index < -0.39 is 0 Å². The SMILES string of the molecule is Cc1nc(C=CC(=O)Nc2cc(Cl)ccc2Cl)cs1. The van der Waals surface area contributed by atoms with Gasteiger partial charge in [-0.1, -0.05) is 23.2 Å². The van der Waals surface area contributed by atoms with E-state index in [4.69, 9.17) is 23.2 Å². The fourth-order valence-corrected chi connectivity index (χ4v) is 2.30. The zero-order valence-electron chi connectivity index (χ0n) is 9.98. The summed E-state index contributed by atoms with van der Waals surface area (Å²) < 4.78 is 0. The highest BCUT2D eigenvalue weighted by Crippen LogP contribution is 2.25. The number of carbonyl (C=O) groups excluding carboxylic acids is 1. The molecule has 0 bridgehead atoms. The normalized spacial score (nSPS) is 10.9. The first-order chi connectivity index (χ1) is 9.04. The van der Waals surface area contributed by atoms with Crippen molar-refractivity contribution in [1.29, 1.82) is 0 Å². The lowest BCUT2D eigenvalue weighted by molar-refractivity contribution is -0.111. The zero-order chi connectivity index (χ0) is 13.8. The maximum atomic E-state index is 11.7. The molecule has 98 valence electrons. The van der Waals surface area contributed by atoms with Crippen LogP contribution in [0.4, 0.5) is 5.69 Å². The molecule has 3 nitrogen and oxygen atoms in total. The Balaban J connectivity index is 2.05. The van der Waals surface area contributed by atoms with Gasteiger partial charge in [-0.25, -0.2) is 4.98 Å². The van der Waals surface area contributed by atoms with Gasteiger partial charge in [0, 0.05) is 16.5 Å². The van der Waals surface area contributed by atoms with E-state index in [1.807, 2.05) is 12.3 Å². The second-order valence-electron chi connectivity index (χ2n) is 3.74. The Kier molecular flexibility index (Phi) is 4.58. The van der Waals surface area contributed by atoms with Gasteiger partial charge < -0.3 is 5.32 Å². The molecule has 0 unspecified atom stereocenters. The lowest BCUT2D eigenvalue weighted by Crippen LogP contribution is -2.08. The van der Waals surface area contributed by atoms with E-state index in [1.165, 1.54) is 17.4 Å². The summed E-state index contributed by atoms with van der Waals surface area (Å²) in [5, 5.41) is 6.45. The number of nitrogens with one attached hydrogen (secondary N) is 1. The minimum absolute atomic E-state index is 0.283. The number of aryl methyl sites for hydroxylation is 1. The standard InChI is InChI=1S/C13H10Cl2N2OS/c1-8-16-10(7-19-8)3-5-13(18)17-12-6-9(14)2-4-11(12)15/h2-7H,1H3,(H,17,18). The van der Waals surface area contributed by atoms with Crippen molar-refractivity contribution in [2.45, 2.75) is 6.92 Å². The molecule has 0 saturated heterocycles. The van der Waals surface area contributed by atoms with Crippen molar-refractivity contribution in [3.63, 3.8) is 0 Å². The van der Waals surface area contributed by atoms with Crippen LogP contribution in [-0.2, 0) is 4.79 Å². The third-order valence-corrected chi connectivity index (χ3v) is 3.58. The molecular formula is C13H10Cl2N2OS. The van der Waals surface area contributed by atoms with Crippen molar-refractivity contribution >= 4 is 52.2 Å². The molecule has 1 aromatic carbocycles. The average molecular weight is 313 g/mol. The molecule has 0 fully saturated rings. The molecule has 6 heteroatoms. The van der Waals surface area contributed by atoms with E-state index in [0.717, 1.165) is 10.7 Å². The topological polar surface area (TPSA) is 42.0 Å². The molecule has 2 rings (SSSR count). The van der Waals surface area contributed by atoms with Gasteiger partial charge in [0.25, 0.3) is 0 Å². The van der Waals surface area contributed by atoms with Crippen molar-refractivity contribution in [2.24, 2.45) is 0 Å². The number of benzene rings is 1. The number of rotatable bonds is 3. The minimum Gasteiger partial charge on any atom is -0.321 e. The van der Waals surface area contributed by atoms with Crippen LogP contribution in [0.5, 0.6) is 0 Å². The summed E-state index contributed by atoms with van der Waals surface area (Å²) in [4.78, 5) is 16.0. The molecule has 2 aromatic rings. The lowest BCUT2D eigenvalue weighted by atomic mass is 10.3. The van der Waals surface area contributed by atoms with Gasteiger partial charge in [0.15, 0.2) is 0 Å². The molecule has 0 spiro atoms. The van der Waals surface area contributed by atoms with Crippen molar-refractivity contribution in [3.8, 4) is 0 Å². The van der Waals surface area contributed by atoms with Gasteiger partial charge in [-0.3, -0.25) is 4.79 Å². The van der Waals surface area contributed by atoms with Crippen molar-refractivity contribution < 1.29 is 4.79 Å². The summed E-state index contributed by atoms with van der Waals surface area (Å²) in [7, 11) is 0. The van der Waals surface area contributed by atoms with Crippen LogP contribution in [0.15, 0.2) is 29.7 Å². The van der Waals surface area contributed by atoms with Gasteiger partial charge in [-0.15, -0.1) is 11.3 Å². The molecule has 1 N–H and O–H groups in total. The maximum absolute atomic E-state index is 11.7. The fourth-order valence-electron chi connectivity index (χ4n) is 1.39. The number of amides is 1. The fraction of sp³-hybridized carbons (Fsp3) is 0.0769. The molecule has 0 aliphatic rings. The summed E-state index contributed by atoms with van der Waals surface area (Å²) in [6.45, 7) is 1.91. The minimum atomic E-state index is -0.283.